The molecule has 0 radical (unpaired) electrons. The zero-order chi connectivity index (χ0) is 24.2. The van der Waals surface area contributed by atoms with Gasteiger partial charge in [0.05, 0.1) is 7.05 Å². The van der Waals surface area contributed by atoms with Crippen molar-refractivity contribution >= 4 is 49.4 Å². The Morgan fingerprint density at radius 3 is 1.78 bits per heavy atom. The molecule has 0 aliphatic rings. The highest BCUT2D eigenvalue weighted by atomic mass is 15.2. The van der Waals surface area contributed by atoms with E-state index in [1.54, 1.807) is 0 Å². The summed E-state index contributed by atoms with van der Waals surface area (Å²) in [5.41, 5.74) is 7.11. The van der Waals surface area contributed by atoms with Crippen molar-refractivity contribution in [3.63, 3.8) is 0 Å². The zero-order valence-corrected chi connectivity index (χ0v) is 20.4. The lowest BCUT2D eigenvalue weighted by atomic mass is 10.0. The molecule has 0 spiro atoms. The molecule has 172 valence electrons. The highest BCUT2D eigenvalue weighted by Gasteiger charge is 2.24. The van der Waals surface area contributed by atoms with E-state index in [4.69, 9.17) is 0 Å². The lowest BCUT2D eigenvalue weighted by Crippen LogP contribution is -2.32. The summed E-state index contributed by atoms with van der Waals surface area (Å²) in [5, 5.41) is 4.92. The number of hydrogen-bond donors (Lipinski definition) is 0. The van der Waals surface area contributed by atoms with Gasteiger partial charge in [-0.2, -0.15) is 8.97 Å². The van der Waals surface area contributed by atoms with Crippen LogP contribution < -0.4 is 4.57 Å². The average molecular weight is 465 g/mol. The van der Waals surface area contributed by atoms with Crippen molar-refractivity contribution in [2.24, 2.45) is 7.05 Å². The normalized spacial score (nSPS) is 11.6. The number of aryl methyl sites for hydroxylation is 2. The third kappa shape index (κ3) is 2.89. The Kier molecular flexibility index (Phi) is 4.58. The predicted octanol–water partition coefficient (Wildman–Crippen LogP) is 7.60. The summed E-state index contributed by atoms with van der Waals surface area (Å²) in [7, 11) is 2.19. The molecule has 0 N–H and O–H groups in total. The Morgan fingerprint density at radius 1 is 0.500 bits per heavy atom. The van der Waals surface area contributed by atoms with Crippen molar-refractivity contribution in [1.82, 2.24) is 8.97 Å². The monoisotopic (exact) mass is 464 g/mol. The Balaban J connectivity index is 1.95. The molecule has 0 amide bonds. The Labute approximate surface area is 209 Å². The average Bonchev–Trinajstić information content (AvgIpc) is 3.28. The summed E-state index contributed by atoms with van der Waals surface area (Å²) in [6.45, 7) is 2.19. The first-order valence-electron chi connectivity index (χ1n) is 12.4. The Morgan fingerprint density at radius 2 is 1.03 bits per heavy atom. The van der Waals surface area contributed by atoms with Crippen molar-refractivity contribution in [2.45, 2.75) is 6.92 Å². The highest BCUT2D eigenvalue weighted by molar-refractivity contribution is 6.13. The largest absolute Gasteiger partial charge is 0.375 e. The summed E-state index contributed by atoms with van der Waals surface area (Å²) in [6, 6.07) is 43.6. The number of aromatic nitrogens is 3. The van der Waals surface area contributed by atoms with Gasteiger partial charge in [0.1, 0.15) is 27.8 Å². The van der Waals surface area contributed by atoms with Crippen LogP contribution in [0.2, 0.25) is 0 Å². The van der Waals surface area contributed by atoms with Crippen molar-refractivity contribution in [1.29, 1.82) is 0 Å². The number of nitrogens with zero attached hydrogens (tertiary/aromatic N) is 3. The van der Waals surface area contributed by atoms with E-state index in [2.05, 4.69) is 149 Å². The van der Waals surface area contributed by atoms with Gasteiger partial charge in [-0.3, -0.25) is 0 Å². The van der Waals surface area contributed by atoms with Gasteiger partial charge in [0.2, 0.25) is 0 Å². The zero-order valence-electron chi connectivity index (χ0n) is 20.4. The lowest BCUT2D eigenvalue weighted by Gasteiger charge is -2.06. The van der Waals surface area contributed by atoms with Gasteiger partial charge in [-0.15, -0.1) is 0 Å². The van der Waals surface area contributed by atoms with Crippen LogP contribution in [0.4, 0.5) is 0 Å². The molecule has 3 heteroatoms. The van der Waals surface area contributed by atoms with Gasteiger partial charge >= 0.3 is 5.78 Å². The van der Waals surface area contributed by atoms with Crippen LogP contribution in [-0.2, 0) is 7.05 Å². The van der Waals surface area contributed by atoms with Crippen LogP contribution in [0.25, 0.3) is 55.1 Å². The van der Waals surface area contributed by atoms with Crippen molar-refractivity contribution in [3.05, 3.63) is 127 Å². The van der Waals surface area contributed by atoms with Crippen LogP contribution in [0, 0.1) is 6.92 Å². The second-order valence-electron chi connectivity index (χ2n) is 9.38. The van der Waals surface area contributed by atoms with Crippen LogP contribution in [0.15, 0.2) is 121 Å². The minimum absolute atomic E-state index is 1.10. The van der Waals surface area contributed by atoms with E-state index in [0.29, 0.717) is 0 Å². The van der Waals surface area contributed by atoms with E-state index >= 15 is 0 Å². The maximum atomic E-state index is 2.43. The fourth-order valence-electron chi connectivity index (χ4n) is 5.70. The maximum Gasteiger partial charge on any atom is 0.375 e. The first-order valence-corrected chi connectivity index (χ1v) is 12.4. The quantitative estimate of drug-likeness (QED) is 0.222. The minimum Gasteiger partial charge on any atom is -0.233 e. The maximum absolute atomic E-state index is 2.43. The summed E-state index contributed by atoms with van der Waals surface area (Å²) >= 11 is 0. The van der Waals surface area contributed by atoms with Crippen LogP contribution in [-0.4, -0.2) is 8.97 Å². The molecule has 0 atom stereocenters. The molecule has 3 nitrogen and oxygen atoms in total. The minimum atomic E-state index is 1.10. The number of benzene rings is 5. The number of para-hydroxylation sites is 5. The molecule has 7 rings (SSSR count). The molecule has 0 aliphatic heterocycles. The predicted molar refractivity (Wildman–Crippen MR) is 150 cm³/mol. The van der Waals surface area contributed by atoms with E-state index in [-0.39, 0.29) is 0 Å². The molecule has 2 aromatic heterocycles. The molecule has 0 saturated heterocycles. The topological polar surface area (TPSA) is 13.2 Å². The SMILES string of the molecule is Cc1ccccc1-n1c2ccccc2n2c3ccccc3c3ccccc3c3ccccc3[n+](C)c12. The molecule has 0 fully saturated rings. The fraction of sp³-hybridized carbons (Fsp3) is 0.0606. The van der Waals surface area contributed by atoms with Gasteiger partial charge in [0, 0.05) is 10.8 Å². The van der Waals surface area contributed by atoms with Crippen LogP contribution in [0.3, 0.4) is 0 Å². The van der Waals surface area contributed by atoms with Gasteiger partial charge < -0.3 is 0 Å². The van der Waals surface area contributed by atoms with Gasteiger partial charge in [-0.1, -0.05) is 91.0 Å². The first kappa shape index (κ1) is 20.7. The second kappa shape index (κ2) is 7.96. The van der Waals surface area contributed by atoms with Gasteiger partial charge in [-0.05, 0) is 53.6 Å². The van der Waals surface area contributed by atoms with Crippen molar-refractivity contribution in [3.8, 4) is 5.69 Å². The van der Waals surface area contributed by atoms with Crippen molar-refractivity contribution < 1.29 is 4.57 Å². The summed E-state index contributed by atoms with van der Waals surface area (Å²) < 4.78 is 7.19. The molecule has 2 heterocycles. The van der Waals surface area contributed by atoms with Gasteiger partial charge in [-0.25, -0.2) is 4.57 Å². The smallest absolute Gasteiger partial charge is 0.233 e. The standard InChI is InChI=1S/C33H26N3/c1-23-13-3-8-18-28(23)35-31-21-11-12-22-32(31)36-30-20-10-7-17-27(30)25-15-5-4-14-24(25)26-16-6-9-19-29(26)34(2)33(35)36/h3-22H,1-2H3/q+1. The third-order valence-electron chi connectivity index (χ3n) is 7.34. The van der Waals surface area contributed by atoms with Gasteiger partial charge in [0.15, 0.2) is 0 Å². The van der Waals surface area contributed by atoms with E-state index in [0.717, 1.165) is 5.78 Å². The number of hydrogen-bond acceptors (Lipinski definition) is 0. The molecule has 36 heavy (non-hydrogen) atoms. The summed E-state index contributed by atoms with van der Waals surface area (Å²) in [4.78, 5) is 0. The number of fused-ring (bicyclic) bond motifs is 9. The Bertz CT molecular complexity index is 2020. The summed E-state index contributed by atoms with van der Waals surface area (Å²) in [6.07, 6.45) is 0. The van der Waals surface area contributed by atoms with Crippen molar-refractivity contribution in [2.75, 3.05) is 0 Å². The number of rotatable bonds is 1. The molecule has 0 aliphatic carbocycles. The highest BCUT2D eigenvalue weighted by Crippen LogP contribution is 2.31. The summed E-state index contributed by atoms with van der Waals surface area (Å²) in [5.74, 6) is 1.10. The lowest BCUT2D eigenvalue weighted by molar-refractivity contribution is -0.623. The van der Waals surface area contributed by atoms with E-state index in [9.17, 15) is 0 Å². The molecule has 7 aromatic rings. The molecule has 0 saturated carbocycles. The molecular formula is C33H26N3+. The first-order chi connectivity index (χ1) is 17.7. The second-order valence-corrected chi connectivity index (χ2v) is 9.38. The molecular weight excluding hydrogens is 438 g/mol. The van der Waals surface area contributed by atoms with E-state index in [1.807, 2.05) is 0 Å². The Hall–Kier alpha value is -4.63. The molecule has 5 aromatic carbocycles. The van der Waals surface area contributed by atoms with Gasteiger partial charge in [0.25, 0.3) is 0 Å². The van der Waals surface area contributed by atoms with Crippen LogP contribution in [0.5, 0.6) is 0 Å². The fourth-order valence-corrected chi connectivity index (χ4v) is 5.70. The number of imidazole rings is 1. The molecule has 0 bridgehead atoms. The van der Waals surface area contributed by atoms with Crippen LogP contribution >= 0.6 is 0 Å². The van der Waals surface area contributed by atoms with E-state index in [1.165, 1.54) is 54.9 Å². The third-order valence-corrected chi connectivity index (χ3v) is 7.34. The van der Waals surface area contributed by atoms with E-state index < -0.39 is 0 Å². The van der Waals surface area contributed by atoms with Crippen LogP contribution in [0.1, 0.15) is 5.56 Å². The molecule has 0 unspecified atom stereocenters.